The van der Waals surface area contributed by atoms with Crippen molar-refractivity contribution < 1.29 is 13.2 Å². The third-order valence-corrected chi connectivity index (χ3v) is 4.95. The van der Waals surface area contributed by atoms with Gasteiger partial charge in [0.05, 0.1) is 10.6 Å². The molecule has 0 saturated carbocycles. The SMILES string of the molecule is C/C=C/C(=O)C1=CCCN1S(=O)(=O)c1ccc(C)cc1. The number of rotatable bonds is 4. The molecule has 0 amide bonds. The summed E-state index contributed by atoms with van der Waals surface area (Å²) in [6.45, 7) is 3.94. The van der Waals surface area contributed by atoms with Crippen LogP contribution in [0.5, 0.6) is 0 Å². The Balaban J connectivity index is 2.37. The van der Waals surface area contributed by atoms with Crippen molar-refractivity contribution >= 4 is 15.8 Å². The van der Waals surface area contributed by atoms with Crippen LogP contribution in [0, 0.1) is 6.92 Å². The highest BCUT2D eigenvalue weighted by Crippen LogP contribution is 2.26. The van der Waals surface area contributed by atoms with E-state index >= 15 is 0 Å². The molecule has 0 spiro atoms. The van der Waals surface area contributed by atoms with Gasteiger partial charge in [0, 0.05) is 6.54 Å². The second-order valence-electron chi connectivity index (χ2n) is 4.63. The molecule has 1 aromatic carbocycles. The fourth-order valence-corrected chi connectivity index (χ4v) is 3.59. The Morgan fingerprint density at radius 3 is 2.50 bits per heavy atom. The normalized spacial score (nSPS) is 15.7. The van der Waals surface area contributed by atoms with Crippen molar-refractivity contribution in [2.75, 3.05) is 6.54 Å². The molecule has 1 aromatic rings. The number of benzene rings is 1. The van der Waals surface area contributed by atoms with E-state index in [-0.39, 0.29) is 16.4 Å². The maximum Gasteiger partial charge on any atom is 0.264 e. The molecule has 1 aliphatic rings. The Morgan fingerprint density at radius 2 is 1.90 bits per heavy atom. The van der Waals surface area contributed by atoms with Gasteiger partial charge in [0.2, 0.25) is 5.78 Å². The number of nitrogens with zero attached hydrogens (tertiary/aromatic N) is 1. The topological polar surface area (TPSA) is 54.5 Å². The largest absolute Gasteiger partial charge is 0.288 e. The quantitative estimate of drug-likeness (QED) is 0.801. The van der Waals surface area contributed by atoms with Gasteiger partial charge in [-0.1, -0.05) is 29.8 Å². The molecule has 0 radical (unpaired) electrons. The van der Waals surface area contributed by atoms with Crippen LogP contribution in [-0.2, 0) is 14.8 Å². The van der Waals surface area contributed by atoms with Crippen LogP contribution in [0.15, 0.2) is 53.1 Å². The van der Waals surface area contributed by atoms with Gasteiger partial charge in [0.15, 0.2) is 0 Å². The monoisotopic (exact) mass is 291 g/mol. The van der Waals surface area contributed by atoms with Crippen molar-refractivity contribution in [2.45, 2.75) is 25.2 Å². The predicted molar refractivity (Wildman–Crippen MR) is 77.6 cm³/mol. The van der Waals surface area contributed by atoms with Crippen LogP contribution >= 0.6 is 0 Å². The van der Waals surface area contributed by atoms with Crippen molar-refractivity contribution in [3.63, 3.8) is 0 Å². The second-order valence-corrected chi connectivity index (χ2v) is 6.49. The van der Waals surface area contributed by atoms with Crippen molar-refractivity contribution in [1.82, 2.24) is 4.31 Å². The Hall–Kier alpha value is -1.88. The lowest BCUT2D eigenvalue weighted by atomic mass is 10.2. The van der Waals surface area contributed by atoms with E-state index < -0.39 is 10.0 Å². The predicted octanol–water partition coefficient (Wildman–Crippen LogP) is 2.42. The van der Waals surface area contributed by atoms with Gasteiger partial charge < -0.3 is 0 Å². The minimum absolute atomic E-state index is 0.212. The van der Waals surface area contributed by atoms with Crippen LogP contribution in [0.25, 0.3) is 0 Å². The van der Waals surface area contributed by atoms with E-state index in [0.29, 0.717) is 13.0 Å². The third kappa shape index (κ3) is 2.67. The zero-order valence-electron chi connectivity index (χ0n) is 11.5. The van der Waals surface area contributed by atoms with Gasteiger partial charge in [0.1, 0.15) is 0 Å². The molecule has 106 valence electrons. The maximum atomic E-state index is 12.6. The molecule has 20 heavy (non-hydrogen) atoms. The van der Waals surface area contributed by atoms with Crippen LogP contribution in [0.4, 0.5) is 0 Å². The molecule has 0 aliphatic carbocycles. The number of carbonyl (C=O) groups excluding carboxylic acids is 1. The number of hydrogen-bond acceptors (Lipinski definition) is 3. The van der Waals surface area contributed by atoms with Crippen LogP contribution < -0.4 is 0 Å². The summed E-state index contributed by atoms with van der Waals surface area (Å²) in [5.41, 5.74) is 1.23. The Labute approximate surface area is 119 Å². The van der Waals surface area contributed by atoms with Crippen molar-refractivity contribution in [2.24, 2.45) is 0 Å². The van der Waals surface area contributed by atoms with Gasteiger partial charge in [0.25, 0.3) is 10.0 Å². The van der Waals surface area contributed by atoms with Gasteiger partial charge in [-0.2, -0.15) is 0 Å². The fourth-order valence-electron chi connectivity index (χ4n) is 2.09. The minimum Gasteiger partial charge on any atom is -0.288 e. The third-order valence-electron chi connectivity index (χ3n) is 3.12. The molecular formula is C15H17NO3S. The van der Waals surface area contributed by atoms with Crippen molar-refractivity contribution in [3.05, 3.63) is 53.8 Å². The van der Waals surface area contributed by atoms with Gasteiger partial charge in [-0.3, -0.25) is 9.10 Å². The molecular weight excluding hydrogens is 274 g/mol. The molecule has 0 atom stereocenters. The standard InChI is InChI=1S/C15H17NO3S/c1-3-5-15(17)14-6-4-11-16(14)20(18,19)13-9-7-12(2)8-10-13/h3,5-10H,4,11H2,1-2H3/b5-3+. The average Bonchev–Trinajstić information content (AvgIpc) is 2.89. The first-order valence-electron chi connectivity index (χ1n) is 6.43. The number of allylic oxidation sites excluding steroid dienone is 2. The second kappa shape index (κ2) is 5.63. The highest BCUT2D eigenvalue weighted by Gasteiger charge is 2.31. The van der Waals surface area contributed by atoms with Gasteiger partial charge in [-0.15, -0.1) is 0 Å². The van der Waals surface area contributed by atoms with E-state index in [1.54, 1.807) is 43.3 Å². The number of carbonyl (C=O) groups is 1. The lowest BCUT2D eigenvalue weighted by Crippen LogP contribution is -2.30. The molecule has 4 nitrogen and oxygen atoms in total. The zero-order valence-corrected chi connectivity index (χ0v) is 12.4. The molecule has 2 rings (SSSR count). The molecule has 5 heteroatoms. The fraction of sp³-hybridized carbons (Fsp3) is 0.267. The summed E-state index contributed by atoms with van der Waals surface area (Å²) in [5.74, 6) is -0.277. The first-order chi connectivity index (χ1) is 9.46. The van der Waals surface area contributed by atoms with E-state index in [0.717, 1.165) is 5.56 Å². The summed E-state index contributed by atoms with van der Waals surface area (Å²) >= 11 is 0. The van der Waals surface area contributed by atoms with Crippen molar-refractivity contribution in [1.29, 1.82) is 0 Å². The first-order valence-corrected chi connectivity index (χ1v) is 7.87. The van der Waals surface area contributed by atoms with Crippen molar-refractivity contribution in [3.8, 4) is 0 Å². The molecule has 0 N–H and O–H groups in total. The smallest absolute Gasteiger partial charge is 0.264 e. The summed E-state index contributed by atoms with van der Waals surface area (Å²) in [5, 5.41) is 0. The summed E-state index contributed by atoms with van der Waals surface area (Å²) in [6, 6.07) is 6.64. The molecule has 0 unspecified atom stereocenters. The van der Waals surface area contributed by atoms with Crippen LogP contribution in [0.1, 0.15) is 18.9 Å². The Morgan fingerprint density at radius 1 is 1.25 bits per heavy atom. The highest BCUT2D eigenvalue weighted by atomic mass is 32.2. The lowest BCUT2D eigenvalue weighted by molar-refractivity contribution is -0.112. The first kappa shape index (κ1) is 14.5. The highest BCUT2D eigenvalue weighted by molar-refractivity contribution is 7.89. The molecule has 1 heterocycles. The lowest BCUT2D eigenvalue weighted by Gasteiger charge is -2.20. The summed E-state index contributed by atoms with van der Waals surface area (Å²) in [4.78, 5) is 12.1. The van der Waals surface area contributed by atoms with E-state index in [1.807, 2.05) is 6.92 Å². The van der Waals surface area contributed by atoms with Crippen LogP contribution in [-0.4, -0.2) is 25.1 Å². The number of ketones is 1. The summed E-state index contributed by atoms with van der Waals surface area (Å²) in [6.07, 6.45) is 5.23. The Kier molecular flexibility index (Phi) is 4.09. The van der Waals surface area contributed by atoms with Gasteiger partial charge >= 0.3 is 0 Å². The maximum absolute atomic E-state index is 12.6. The van der Waals surface area contributed by atoms with E-state index in [1.165, 1.54) is 10.4 Å². The summed E-state index contributed by atoms with van der Waals surface area (Å²) < 4.78 is 26.3. The number of aryl methyl sites for hydroxylation is 1. The van der Waals surface area contributed by atoms with Gasteiger partial charge in [-0.25, -0.2) is 8.42 Å². The molecule has 1 aliphatic heterocycles. The summed E-state index contributed by atoms with van der Waals surface area (Å²) in [7, 11) is -3.66. The molecule has 0 bridgehead atoms. The van der Waals surface area contributed by atoms with E-state index in [4.69, 9.17) is 0 Å². The molecule has 0 aromatic heterocycles. The Bertz CT molecular complexity index is 670. The average molecular weight is 291 g/mol. The molecule has 0 saturated heterocycles. The number of sulfonamides is 1. The zero-order chi connectivity index (χ0) is 14.8. The molecule has 0 fully saturated rings. The van der Waals surface area contributed by atoms with Gasteiger partial charge in [-0.05, 0) is 38.5 Å². The van der Waals surface area contributed by atoms with E-state index in [2.05, 4.69) is 0 Å². The van der Waals surface area contributed by atoms with Crippen LogP contribution in [0.2, 0.25) is 0 Å². The minimum atomic E-state index is -3.66. The van der Waals surface area contributed by atoms with E-state index in [9.17, 15) is 13.2 Å². The van der Waals surface area contributed by atoms with Crippen LogP contribution in [0.3, 0.4) is 0 Å². The number of hydrogen-bond donors (Lipinski definition) is 0.